The van der Waals surface area contributed by atoms with E-state index in [4.69, 9.17) is 11.6 Å². The average Bonchev–Trinajstić information content (AvgIpc) is 2.84. The highest BCUT2D eigenvalue weighted by Gasteiger charge is 2.18. The molecule has 96 valence electrons. The summed E-state index contributed by atoms with van der Waals surface area (Å²) in [4.78, 5) is 17.1. The number of amides is 1. The van der Waals surface area contributed by atoms with E-state index in [-0.39, 0.29) is 11.2 Å². The van der Waals surface area contributed by atoms with E-state index >= 15 is 0 Å². The molecule has 0 aromatic heterocycles. The Labute approximate surface area is 120 Å². The molecule has 0 fully saturated rings. The van der Waals surface area contributed by atoms with E-state index < -0.39 is 0 Å². The standard InChI is InChI=1S/C12H13ClN2OS2/c1-8(11(16)15-12-14-6-7-17-12)18-10-5-3-2-4-9(10)13/h2-5,8H,6-7H2,1H3,(H,14,15,16)/t8-/m1/s1. The first-order chi connectivity index (χ1) is 8.66. The summed E-state index contributed by atoms with van der Waals surface area (Å²) in [6, 6.07) is 7.53. The van der Waals surface area contributed by atoms with Gasteiger partial charge < -0.3 is 5.32 Å². The van der Waals surface area contributed by atoms with Gasteiger partial charge in [-0.05, 0) is 19.1 Å². The van der Waals surface area contributed by atoms with E-state index in [0.29, 0.717) is 5.02 Å². The van der Waals surface area contributed by atoms with Gasteiger partial charge in [0.1, 0.15) is 0 Å². The van der Waals surface area contributed by atoms with Crippen LogP contribution in [0, 0.1) is 0 Å². The molecule has 6 heteroatoms. The predicted octanol–water partition coefficient (Wildman–Crippen LogP) is 3.04. The van der Waals surface area contributed by atoms with E-state index in [1.165, 1.54) is 11.8 Å². The molecule has 1 amide bonds. The predicted molar refractivity (Wildman–Crippen MR) is 79.7 cm³/mol. The zero-order chi connectivity index (χ0) is 13.0. The van der Waals surface area contributed by atoms with Gasteiger partial charge in [-0.15, -0.1) is 11.8 Å². The lowest BCUT2D eigenvalue weighted by atomic mass is 10.4. The largest absolute Gasteiger partial charge is 0.304 e. The smallest absolute Gasteiger partial charge is 0.239 e. The van der Waals surface area contributed by atoms with Gasteiger partial charge in [0.2, 0.25) is 5.91 Å². The van der Waals surface area contributed by atoms with Crippen molar-refractivity contribution in [1.29, 1.82) is 0 Å². The molecule has 0 radical (unpaired) electrons. The van der Waals surface area contributed by atoms with E-state index in [9.17, 15) is 4.79 Å². The van der Waals surface area contributed by atoms with Crippen LogP contribution >= 0.6 is 35.1 Å². The molecule has 1 heterocycles. The zero-order valence-corrected chi connectivity index (χ0v) is 12.2. The Morgan fingerprint density at radius 3 is 3.00 bits per heavy atom. The van der Waals surface area contributed by atoms with Gasteiger partial charge in [0, 0.05) is 10.6 Å². The molecule has 1 aromatic carbocycles. The van der Waals surface area contributed by atoms with Gasteiger partial charge in [0.05, 0.1) is 16.8 Å². The second kappa shape index (κ2) is 6.50. The third kappa shape index (κ3) is 3.67. The first kappa shape index (κ1) is 13.8. The summed E-state index contributed by atoms with van der Waals surface area (Å²) in [5, 5.41) is 4.03. The Morgan fingerprint density at radius 1 is 1.56 bits per heavy atom. The molecule has 1 aromatic rings. The number of carbonyl (C=O) groups is 1. The van der Waals surface area contributed by atoms with Crippen LogP contribution in [0.2, 0.25) is 5.02 Å². The molecule has 3 nitrogen and oxygen atoms in total. The highest BCUT2D eigenvalue weighted by Crippen LogP contribution is 2.30. The van der Waals surface area contributed by atoms with Crippen molar-refractivity contribution >= 4 is 46.2 Å². The maximum Gasteiger partial charge on any atom is 0.239 e. The molecule has 0 bridgehead atoms. The summed E-state index contributed by atoms with van der Waals surface area (Å²) < 4.78 is 0. The van der Waals surface area contributed by atoms with Crippen LogP contribution in [-0.2, 0) is 4.79 Å². The molecule has 0 saturated carbocycles. The molecular weight excluding hydrogens is 288 g/mol. The third-order valence-electron chi connectivity index (χ3n) is 2.33. The fraction of sp³-hybridized carbons (Fsp3) is 0.333. The topological polar surface area (TPSA) is 41.5 Å². The van der Waals surface area contributed by atoms with Crippen LogP contribution in [0.3, 0.4) is 0 Å². The molecule has 0 aliphatic carbocycles. The zero-order valence-electron chi connectivity index (χ0n) is 9.85. The highest BCUT2D eigenvalue weighted by molar-refractivity contribution is 8.14. The molecule has 0 saturated heterocycles. The number of carbonyl (C=O) groups excluding carboxylic acids is 1. The summed E-state index contributed by atoms with van der Waals surface area (Å²) >= 11 is 9.10. The van der Waals surface area contributed by atoms with E-state index in [1.807, 2.05) is 31.2 Å². The van der Waals surface area contributed by atoms with Crippen LogP contribution in [0.1, 0.15) is 6.92 Å². The van der Waals surface area contributed by atoms with Crippen molar-refractivity contribution in [3.8, 4) is 0 Å². The number of hydrogen-bond donors (Lipinski definition) is 1. The minimum absolute atomic E-state index is 0.0342. The van der Waals surface area contributed by atoms with Crippen molar-refractivity contribution in [2.45, 2.75) is 17.1 Å². The summed E-state index contributed by atoms with van der Waals surface area (Å²) in [5.41, 5.74) is 0. The van der Waals surface area contributed by atoms with Crippen LogP contribution in [0.5, 0.6) is 0 Å². The van der Waals surface area contributed by atoms with Crippen LogP contribution in [-0.4, -0.2) is 28.6 Å². The summed E-state index contributed by atoms with van der Waals surface area (Å²) in [6.07, 6.45) is 0. The first-order valence-corrected chi connectivity index (χ1v) is 7.80. The van der Waals surface area contributed by atoms with Crippen molar-refractivity contribution < 1.29 is 4.79 Å². The van der Waals surface area contributed by atoms with Crippen molar-refractivity contribution in [1.82, 2.24) is 5.32 Å². The van der Waals surface area contributed by atoms with Crippen LogP contribution in [0.4, 0.5) is 0 Å². The molecule has 2 rings (SSSR count). The van der Waals surface area contributed by atoms with Gasteiger partial charge >= 0.3 is 0 Å². The Morgan fingerprint density at radius 2 is 2.33 bits per heavy atom. The molecule has 1 N–H and O–H groups in total. The van der Waals surface area contributed by atoms with Gasteiger partial charge in [-0.2, -0.15) is 0 Å². The number of amidine groups is 1. The highest BCUT2D eigenvalue weighted by atomic mass is 35.5. The summed E-state index contributed by atoms with van der Waals surface area (Å²) in [7, 11) is 0. The number of halogens is 1. The third-order valence-corrected chi connectivity index (χ3v) is 4.84. The molecule has 1 aliphatic heterocycles. The Balaban J connectivity index is 1.93. The summed E-state index contributed by atoms with van der Waals surface area (Å²) in [5.74, 6) is 0.912. The normalized spacial score (nSPS) is 16.2. The van der Waals surface area contributed by atoms with Gasteiger partial charge in [0.25, 0.3) is 0 Å². The minimum Gasteiger partial charge on any atom is -0.304 e. The Bertz CT molecular complexity index is 479. The summed E-state index contributed by atoms with van der Waals surface area (Å²) in [6.45, 7) is 2.65. The molecule has 1 atom stereocenters. The lowest BCUT2D eigenvalue weighted by Gasteiger charge is -2.12. The Hall–Kier alpha value is -0.650. The lowest BCUT2D eigenvalue weighted by molar-refractivity contribution is -0.118. The van der Waals surface area contributed by atoms with Crippen molar-refractivity contribution in [2.24, 2.45) is 4.99 Å². The van der Waals surface area contributed by atoms with Crippen LogP contribution in [0.15, 0.2) is 34.2 Å². The Kier molecular flexibility index (Phi) is 4.97. The van der Waals surface area contributed by atoms with Gasteiger partial charge in [0.15, 0.2) is 5.17 Å². The molecular formula is C12H13ClN2OS2. The molecule has 0 spiro atoms. The number of thioether (sulfide) groups is 2. The van der Waals surface area contributed by atoms with E-state index in [2.05, 4.69) is 10.3 Å². The monoisotopic (exact) mass is 300 g/mol. The van der Waals surface area contributed by atoms with E-state index in [1.54, 1.807) is 11.8 Å². The average molecular weight is 301 g/mol. The van der Waals surface area contributed by atoms with Crippen LogP contribution in [0.25, 0.3) is 0 Å². The minimum atomic E-state index is -0.200. The quantitative estimate of drug-likeness (QED) is 0.872. The van der Waals surface area contributed by atoms with Gasteiger partial charge in [-0.25, -0.2) is 0 Å². The number of aliphatic imine (C=N–C) groups is 1. The fourth-order valence-electron chi connectivity index (χ4n) is 1.40. The molecule has 1 aliphatic rings. The molecule has 0 unspecified atom stereocenters. The first-order valence-electron chi connectivity index (χ1n) is 5.56. The van der Waals surface area contributed by atoms with Gasteiger partial charge in [-0.3, -0.25) is 9.79 Å². The maximum absolute atomic E-state index is 11.9. The fourth-order valence-corrected chi connectivity index (χ4v) is 3.29. The number of nitrogens with one attached hydrogen (secondary N) is 1. The lowest BCUT2D eigenvalue weighted by Crippen LogP contribution is -2.33. The van der Waals surface area contributed by atoms with Crippen molar-refractivity contribution in [3.63, 3.8) is 0 Å². The van der Waals surface area contributed by atoms with Crippen molar-refractivity contribution in [2.75, 3.05) is 12.3 Å². The van der Waals surface area contributed by atoms with Crippen LogP contribution < -0.4 is 5.32 Å². The van der Waals surface area contributed by atoms with E-state index in [0.717, 1.165) is 22.4 Å². The van der Waals surface area contributed by atoms with Crippen molar-refractivity contribution in [3.05, 3.63) is 29.3 Å². The van der Waals surface area contributed by atoms with Gasteiger partial charge in [-0.1, -0.05) is 35.5 Å². The number of hydrogen-bond acceptors (Lipinski definition) is 4. The number of nitrogens with zero attached hydrogens (tertiary/aromatic N) is 1. The second-order valence-electron chi connectivity index (χ2n) is 3.72. The molecule has 18 heavy (non-hydrogen) atoms. The second-order valence-corrected chi connectivity index (χ2v) is 6.59. The number of benzene rings is 1. The maximum atomic E-state index is 11.9. The SMILES string of the molecule is C[C@@H](Sc1ccccc1Cl)C(=O)NC1=NCCS1. The number of rotatable bonds is 3.